The molecule has 122 valence electrons. The number of esters is 1. The van der Waals surface area contributed by atoms with Crippen LogP contribution in [0.1, 0.15) is 16.1 Å². The van der Waals surface area contributed by atoms with Crippen LogP contribution in [-0.4, -0.2) is 15.9 Å². The highest BCUT2D eigenvalue weighted by molar-refractivity contribution is 7.20. The molecule has 0 aliphatic carbocycles. The SMILES string of the molecule is O=C(OCc1csc(-c2cccs2)n1)c1cc(Cl)ccc1[N+](=O)[O-]. The van der Waals surface area contributed by atoms with Gasteiger partial charge in [-0.25, -0.2) is 9.78 Å². The van der Waals surface area contributed by atoms with Crippen LogP contribution in [0.2, 0.25) is 5.02 Å². The fraction of sp³-hybridized carbons (Fsp3) is 0.0667. The number of aromatic nitrogens is 1. The van der Waals surface area contributed by atoms with Gasteiger partial charge in [0.2, 0.25) is 0 Å². The van der Waals surface area contributed by atoms with E-state index in [0.717, 1.165) is 9.88 Å². The van der Waals surface area contributed by atoms with Gasteiger partial charge in [-0.2, -0.15) is 0 Å². The number of hydrogen-bond donors (Lipinski definition) is 0. The third-order valence-corrected chi connectivity index (χ3v) is 5.18. The predicted molar refractivity (Wildman–Crippen MR) is 92.7 cm³/mol. The number of hydrogen-bond acceptors (Lipinski definition) is 7. The van der Waals surface area contributed by atoms with Crippen molar-refractivity contribution in [2.24, 2.45) is 0 Å². The molecule has 3 rings (SSSR count). The second-order valence-corrected chi connectivity index (χ2v) is 6.86. The van der Waals surface area contributed by atoms with Crippen molar-refractivity contribution in [2.75, 3.05) is 0 Å². The summed E-state index contributed by atoms with van der Waals surface area (Å²) in [5.41, 5.74) is 0.0598. The van der Waals surface area contributed by atoms with E-state index in [-0.39, 0.29) is 22.9 Å². The molecule has 24 heavy (non-hydrogen) atoms. The number of benzene rings is 1. The number of thiazole rings is 1. The standard InChI is InChI=1S/C15H9ClN2O4S2/c16-9-3-4-12(18(20)21)11(6-9)15(19)22-7-10-8-24-14(17-10)13-2-1-5-23-13/h1-6,8H,7H2. The average molecular weight is 381 g/mol. The van der Waals surface area contributed by atoms with Crippen LogP contribution >= 0.6 is 34.3 Å². The lowest BCUT2D eigenvalue weighted by atomic mass is 10.2. The molecule has 0 bridgehead atoms. The molecule has 9 heteroatoms. The van der Waals surface area contributed by atoms with E-state index in [0.29, 0.717) is 5.69 Å². The molecule has 0 saturated heterocycles. The van der Waals surface area contributed by atoms with E-state index in [4.69, 9.17) is 16.3 Å². The van der Waals surface area contributed by atoms with Crippen LogP contribution in [0.15, 0.2) is 41.1 Å². The molecule has 0 aliphatic rings. The Balaban J connectivity index is 1.72. The molecule has 0 amide bonds. The number of ether oxygens (including phenoxy) is 1. The third kappa shape index (κ3) is 3.61. The maximum absolute atomic E-state index is 12.1. The Hall–Kier alpha value is -2.29. The number of nitrogens with zero attached hydrogens (tertiary/aromatic N) is 2. The molecule has 0 radical (unpaired) electrons. The summed E-state index contributed by atoms with van der Waals surface area (Å²) in [6, 6.07) is 7.63. The molecular weight excluding hydrogens is 372 g/mol. The van der Waals surface area contributed by atoms with Crippen LogP contribution in [0.4, 0.5) is 5.69 Å². The van der Waals surface area contributed by atoms with E-state index in [1.165, 1.54) is 29.5 Å². The minimum atomic E-state index is -0.810. The Morgan fingerprint density at radius 3 is 2.88 bits per heavy atom. The second-order valence-electron chi connectivity index (χ2n) is 4.62. The van der Waals surface area contributed by atoms with Gasteiger partial charge in [-0.05, 0) is 23.6 Å². The summed E-state index contributed by atoms with van der Waals surface area (Å²) >= 11 is 8.82. The van der Waals surface area contributed by atoms with E-state index in [1.54, 1.807) is 16.7 Å². The zero-order valence-electron chi connectivity index (χ0n) is 12.0. The molecule has 0 aliphatic heterocycles. The van der Waals surface area contributed by atoms with Crippen LogP contribution in [0.25, 0.3) is 9.88 Å². The van der Waals surface area contributed by atoms with Crippen molar-refractivity contribution >= 4 is 45.9 Å². The molecule has 2 aromatic heterocycles. The Labute approximate surface area is 149 Å². The summed E-state index contributed by atoms with van der Waals surface area (Å²) in [4.78, 5) is 27.9. The van der Waals surface area contributed by atoms with Gasteiger partial charge in [0.05, 0.1) is 15.5 Å². The monoisotopic (exact) mass is 380 g/mol. The highest BCUT2D eigenvalue weighted by Gasteiger charge is 2.22. The number of halogens is 1. The maximum Gasteiger partial charge on any atom is 0.345 e. The van der Waals surface area contributed by atoms with Crippen molar-refractivity contribution in [3.05, 3.63) is 67.5 Å². The highest BCUT2D eigenvalue weighted by atomic mass is 35.5. The molecule has 0 N–H and O–H groups in total. The number of carbonyl (C=O) groups is 1. The number of nitro benzene ring substituents is 1. The third-order valence-electron chi connectivity index (χ3n) is 3.01. The first-order chi connectivity index (χ1) is 11.5. The first-order valence-electron chi connectivity index (χ1n) is 6.64. The minimum absolute atomic E-state index is 0.0651. The van der Waals surface area contributed by atoms with Gasteiger partial charge in [0, 0.05) is 16.5 Å². The van der Waals surface area contributed by atoms with Crippen LogP contribution in [0, 0.1) is 10.1 Å². The van der Waals surface area contributed by atoms with Crippen LogP contribution < -0.4 is 0 Å². The van der Waals surface area contributed by atoms with Crippen molar-refractivity contribution in [1.82, 2.24) is 4.98 Å². The van der Waals surface area contributed by atoms with Crippen molar-refractivity contribution in [2.45, 2.75) is 6.61 Å². The van der Waals surface area contributed by atoms with Gasteiger partial charge in [-0.1, -0.05) is 17.7 Å². The molecule has 0 spiro atoms. The van der Waals surface area contributed by atoms with E-state index in [9.17, 15) is 14.9 Å². The average Bonchev–Trinajstić information content (AvgIpc) is 3.23. The summed E-state index contributed by atoms with van der Waals surface area (Å²) in [7, 11) is 0. The van der Waals surface area contributed by atoms with Crippen LogP contribution in [0.3, 0.4) is 0 Å². The van der Waals surface area contributed by atoms with Crippen molar-refractivity contribution in [3.63, 3.8) is 0 Å². The van der Waals surface area contributed by atoms with Gasteiger partial charge in [0.25, 0.3) is 5.69 Å². The van der Waals surface area contributed by atoms with Crippen LogP contribution in [0.5, 0.6) is 0 Å². The molecule has 2 heterocycles. The Morgan fingerprint density at radius 1 is 1.33 bits per heavy atom. The highest BCUT2D eigenvalue weighted by Crippen LogP contribution is 2.28. The fourth-order valence-electron chi connectivity index (χ4n) is 1.93. The number of carbonyl (C=O) groups excluding carboxylic acids is 1. The van der Waals surface area contributed by atoms with Crippen molar-refractivity contribution < 1.29 is 14.5 Å². The topological polar surface area (TPSA) is 82.3 Å². The van der Waals surface area contributed by atoms with Gasteiger partial charge in [0.1, 0.15) is 17.2 Å². The smallest absolute Gasteiger partial charge is 0.345 e. The van der Waals surface area contributed by atoms with Gasteiger partial charge >= 0.3 is 5.97 Å². The molecule has 3 aromatic rings. The lowest BCUT2D eigenvalue weighted by Gasteiger charge is -2.04. The zero-order valence-corrected chi connectivity index (χ0v) is 14.4. The molecule has 0 fully saturated rings. The second kappa shape index (κ2) is 7.08. The normalized spacial score (nSPS) is 10.5. The maximum atomic E-state index is 12.1. The largest absolute Gasteiger partial charge is 0.455 e. The number of nitro groups is 1. The first-order valence-corrected chi connectivity index (χ1v) is 8.77. The molecule has 0 unspecified atom stereocenters. The van der Waals surface area contributed by atoms with Gasteiger partial charge < -0.3 is 4.74 Å². The summed E-state index contributed by atoms with van der Waals surface area (Å²) < 4.78 is 5.14. The van der Waals surface area contributed by atoms with Crippen molar-refractivity contribution in [3.8, 4) is 9.88 Å². The summed E-state index contributed by atoms with van der Waals surface area (Å²) in [5, 5.41) is 15.8. The number of rotatable bonds is 5. The Morgan fingerprint density at radius 2 is 2.17 bits per heavy atom. The first kappa shape index (κ1) is 16.6. The van der Waals surface area contributed by atoms with Gasteiger partial charge in [-0.3, -0.25) is 10.1 Å². The molecule has 0 saturated carbocycles. The zero-order chi connectivity index (χ0) is 17.1. The predicted octanol–water partition coefficient (Wildman–Crippen LogP) is 4.79. The molecular formula is C15H9ClN2O4S2. The van der Waals surface area contributed by atoms with Gasteiger partial charge in [0.15, 0.2) is 0 Å². The lowest BCUT2D eigenvalue weighted by Crippen LogP contribution is -2.08. The van der Waals surface area contributed by atoms with Crippen LogP contribution in [-0.2, 0) is 11.3 Å². The van der Waals surface area contributed by atoms with Crippen molar-refractivity contribution in [1.29, 1.82) is 0 Å². The van der Waals surface area contributed by atoms with E-state index >= 15 is 0 Å². The Bertz CT molecular complexity index is 893. The molecule has 6 nitrogen and oxygen atoms in total. The Kier molecular flexibility index (Phi) is 4.89. The van der Waals surface area contributed by atoms with Gasteiger partial charge in [-0.15, -0.1) is 22.7 Å². The van der Waals surface area contributed by atoms with E-state index in [2.05, 4.69) is 4.98 Å². The number of thiophene rings is 1. The molecule has 0 atom stereocenters. The lowest BCUT2D eigenvalue weighted by molar-refractivity contribution is -0.385. The van der Waals surface area contributed by atoms with E-state index in [1.807, 2.05) is 17.5 Å². The quantitative estimate of drug-likeness (QED) is 0.361. The summed E-state index contributed by atoms with van der Waals surface area (Å²) in [6.45, 7) is -0.0651. The summed E-state index contributed by atoms with van der Waals surface area (Å²) in [6.07, 6.45) is 0. The summed E-state index contributed by atoms with van der Waals surface area (Å²) in [5.74, 6) is -0.810. The fourth-order valence-corrected chi connectivity index (χ4v) is 3.73. The van der Waals surface area contributed by atoms with E-state index < -0.39 is 10.9 Å². The molecule has 1 aromatic carbocycles. The minimum Gasteiger partial charge on any atom is -0.455 e.